The van der Waals surface area contributed by atoms with E-state index in [-0.39, 0.29) is 0 Å². The normalized spacial score (nSPS) is 20.0. The third-order valence-electron chi connectivity index (χ3n) is 3.57. The van der Waals surface area contributed by atoms with Crippen LogP contribution in [0.3, 0.4) is 0 Å². The molecule has 1 aromatic rings. The van der Waals surface area contributed by atoms with Gasteiger partial charge in [-0.15, -0.1) is 0 Å². The third kappa shape index (κ3) is 3.27. The van der Waals surface area contributed by atoms with Crippen LogP contribution in [0.2, 0.25) is 0 Å². The first-order valence-corrected chi connectivity index (χ1v) is 7.20. The van der Waals surface area contributed by atoms with Crippen LogP contribution in [0.25, 0.3) is 0 Å². The van der Waals surface area contributed by atoms with E-state index in [0.717, 1.165) is 32.7 Å². The van der Waals surface area contributed by atoms with Gasteiger partial charge < -0.3 is 15.0 Å². The van der Waals surface area contributed by atoms with Crippen molar-refractivity contribution in [3.63, 3.8) is 0 Å². The number of nitrogens with one attached hydrogen (secondary N) is 1. The minimum atomic E-state index is 0.358. The Balaban J connectivity index is 2.17. The van der Waals surface area contributed by atoms with Gasteiger partial charge in [0.05, 0.1) is 7.11 Å². The van der Waals surface area contributed by atoms with Crippen molar-refractivity contribution < 1.29 is 4.74 Å². The highest BCUT2D eigenvalue weighted by Crippen LogP contribution is 2.18. The second kappa shape index (κ2) is 6.69. The minimum absolute atomic E-state index is 0.358. The smallest absolute Gasteiger partial charge is 0.322 e. The van der Waals surface area contributed by atoms with Gasteiger partial charge in [-0.1, -0.05) is 6.92 Å². The van der Waals surface area contributed by atoms with Crippen molar-refractivity contribution in [3.05, 3.63) is 0 Å². The topological polar surface area (TPSA) is 66.4 Å². The molecule has 1 unspecified atom stereocenters. The molecule has 0 radical (unpaired) electrons. The zero-order valence-electron chi connectivity index (χ0n) is 12.8. The molecule has 0 aromatic carbocycles. The van der Waals surface area contributed by atoms with Crippen molar-refractivity contribution in [2.75, 3.05) is 50.1 Å². The molecule has 7 nitrogen and oxygen atoms in total. The summed E-state index contributed by atoms with van der Waals surface area (Å²) in [6.45, 7) is 11.2. The lowest BCUT2D eigenvalue weighted by Crippen LogP contribution is -2.52. The van der Waals surface area contributed by atoms with Crippen LogP contribution in [0.15, 0.2) is 0 Å². The molecule has 1 fully saturated rings. The van der Waals surface area contributed by atoms with Gasteiger partial charge >= 0.3 is 6.01 Å². The van der Waals surface area contributed by atoms with Gasteiger partial charge in [0.2, 0.25) is 11.9 Å². The van der Waals surface area contributed by atoms with Crippen molar-refractivity contribution >= 4 is 11.9 Å². The van der Waals surface area contributed by atoms with E-state index in [1.54, 1.807) is 7.11 Å². The van der Waals surface area contributed by atoms with E-state index in [2.05, 4.69) is 43.9 Å². The van der Waals surface area contributed by atoms with Crippen molar-refractivity contribution in [1.29, 1.82) is 0 Å². The Kier molecular flexibility index (Phi) is 4.94. The quantitative estimate of drug-likeness (QED) is 0.857. The number of hydrogen-bond donors (Lipinski definition) is 1. The summed E-state index contributed by atoms with van der Waals surface area (Å²) in [5.74, 6) is 1.26. The fourth-order valence-electron chi connectivity index (χ4n) is 2.46. The maximum absolute atomic E-state index is 5.16. The average molecular weight is 280 g/mol. The van der Waals surface area contributed by atoms with Gasteiger partial charge in [0, 0.05) is 32.2 Å². The van der Waals surface area contributed by atoms with Crippen LogP contribution in [0.4, 0.5) is 11.9 Å². The number of anilines is 2. The van der Waals surface area contributed by atoms with Gasteiger partial charge in [0.15, 0.2) is 0 Å². The first-order valence-electron chi connectivity index (χ1n) is 7.20. The van der Waals surface area contributed by atoms with Gasteiger partial charge in [-0.05, 0) is 20.4 Å². The van der Waals surface area contributed by atoms with Crippen molar-refractivity contribution in [2.24, 2.45) is 0 Å². The van der Waals surface area contributed by atoms with Crippen LogP contribution < -0.4 is 15.0 Å². The first kappa shape index (κ1) is 14.8. The molecule has 1 aromatic heterocycles. The van der Waals surface area contributed by atoms with E-state index < -0.39 is 0 Å². The lowest BCUT2D eigenvalue weighted by molar-refractivity contribution is 0.198. The number of likely N-dealkylation sites (N-methyl/N-ethyl adjacent to an activating group) is 1. The molecule has 112 valence electrons. The summed E-state index contributed by atoms with van der Waals surface area (Å²) in [5.41, 5.74) is 0. The molecular formula is C13H24N6O. The molecule has 2 rings (SSSR count). The van der Waals surface area contributed by atoms with Gasteiger partial charge in [-0.25, -0.2) is 0 Å². The molecule has 1 N–H and O–H groups in total. The maximum Gasteiger partial charge on any atom is 0.322 e. The number of nitrogens with zero attached hydrogens (tertiary/aromatic N) is 5. The molecule has 20 heavy (non-hydrogen) atoms. The fraction of sp³-hybridized carbons (Fsp3) is 0.769. The Morgan fingerprint density at radius 2 is 2.05 bits per heavy atom. The zero-order chi connectivity index (χ0) is 14.5. The Morgan fingerprint density at radius 3 is 2.65 bits per heavy atom. The predicted molar refractivity (Wildman–Crippen MR) is 79.5 cm³/mol. The summed E-state index contributed by atoms with van der Waals surface area (Å²) < 4.78 is 5.16. The van der Waals surface area contributed by atoms with E-state index in [0.29, 0.717) is 23.9 Å². The van der Waals surface area contributed by atoms with Crippen molar-refractivity contribution in [1.82, 2.24) is 19.9 Å². The Labute approximate surface area is 120 Å². The Morgan fingerprint density at radius 1 is 1.25 bits per heavy atom. The van der Waals surface area contributed by atoms with Crippen LogP contribution >= 0.6 is 0 Å². The molecular weight excluding hydrogens is 256 g/mol. The third-order valence-corrected chi connectivity index (χ3v) is 3.57. The van der Waals surface area contributed by atoms with Crippen LogP contribution in [0.5, 0.6) is 6.01 Å². The van der Waals surface area contributed by atoms with Gasteiger partial charge in [0.1, 0.15) is 0 Å². The van der Waals surface area contributed by atoms with E-state index in [4.69, 9.17) is 4.74 Å². The molecule has 1 saturated heterocycles. The van der Waals surface area contributed by atoms with Gasteiger partial charge in [-0.3, -0.25) is 4.90 Å². The molecule has 1 aliphatic rings. The molecule has 0 spiro atoms. The Hall–Kier alpha value is -1.63. The SMILES string of the molecule is CCNc1nc(OC)nc(N2CCN(CC)C(C)C2)n1. The second-order valence-corrected chi connectivity index (χ2v) is 4.90. The second-order valence-electron chi connectivity index (χ2n) is 4.90. The lowest BCUT2D eigenvalue weighted by atomic mass is 10.2. The predicted octanol–water partition coefficient (Wildman–Crippen LogP) is 0.842. The molecule has 0 aliphatic carbocycles. The largest absolute Gasteiger partial charge is 0.467 e. The molecule has 1 atom stereocenters. The highest BCUT2D eigenvalue weighted by Gasteiger charge is 2.24. The fourth-order valence-corrected chi connectivity index (χ4v) is 2.46. The molecule has 0 bridgehead atoms. The van der Waals surface area contributed by atoms with Crippen LogP contribution in [0.1, 0.15) is 20.8 Å². The van der Waals surface area contributed by atoms with E-state index in [1.165, 1.54) is 0 Å². The van der Waals surface area contributed by atoms with Crippen molar-refractivity contribution in [2.45, 2.75) is 26.8 Å². The van der Waals surface area contributed by atoms with E-state index in [1.807, 2.05) is 6.92 Å². The number of methoxy groups -OCH3 is 1. The van der Waals surface area contributed by atoms with Gasteiger partial charge in [-0.2, -0.15) is 15.0 Å². The summed E-state index contributed by atoms with van der Waals surface area (Å²) in [7, 11) is 1.58. The molecule has 0 amide bonds. The number of hydrogen-bond acceptors (Lipinski definition) is 7. The Bertz CT molecular complexity index is 441. The summed E-state index contributed by atoms with van der Waals surface area (Å²) >= 11 is 0. The van der Waals surface area contributed by atoms with Gasteiger partial charge in [0.25, 0.3) is 0 Å². The maximum atomic E-state index is 5.16. The highest BCUT2D eigenvalue weighted by molar-refractivity contribution is 5.39. The number of aromatic nitrogens is 3. The minimum Gasteiger partial charge on any atom is -0.467 e. The monoisotopic (exact) mass is 280 g/mol. The number of ether oxygens (including phenoxy) is 1. The first-order chi connectivity index (χ1) is 9.67. The van der Waals surface area contributed by atoms with Crippen LogP contribution in [-0.4, -0.2) is 65.7 Å². The summed E-state index contributed by atoms with van der Waals surface area (Å²) in [6, 6.07) is 0.857. The molecule has 0 saturated carbocycles. The number of rotatable bonds is 5. The van der Waals surface area contributed by atoms with Crippen LogP contribution in [0, 0.1) is 0 Å². The van der Waals surface area contributed by atoms with E-state index >= 15 is 0 Å². The summed E-state index contributed by atoms with van der Waals surface area (Å²) in [5, 5.41) is 3.11. The molecule has 2 heterocycles. The van der Waals surface area contributed by atoms with Crippen molar-refractivity contribution in [3.8, 4) is 6.01 Å². The molecule has 1 aliphatic heterocycles. The molecule has 7 heteroatoms. The highest BCUT2D eigenvalue weighted by atomic mass is 16.5. The average Bonchev–Trinajstić information content (AvgIpc) is 2.47. The lowest BCUT2D eigenvalue weighted by Gasteiger charge is -2.39. The summed E-state index contributed by atoms with van der Waals surface area (Å²) in [6.07, 6.45) is 0. The van der Waals surface area contributed by atoms with Crippen LogP contribution in [-0.2, 0) is 0 Å². The number of piperazine rings is 1. The van der Waals surface area contributed by atoms with E-state index in [9.17, 15) is 0 Å². The zero-order valence-corrected chi connectivity index (χ0v) is 12.8. The standard InChI is InChI=1S/C13H24N6O/c1-5-14-11-15-12(17-13(16-11)20-4)19-8-7-18(6-2)10(3)9-19/h10H,5-9H2,1-4H3,(H,14,15,16,17). The summed E-state index contributed by atoms with van der Waals surface area (Å²) in [4.78, 5) is 17.7.